The molecule has 1 aromatic carbocycles. The van der Waals surface area contributed by atoms with E-state index in [9.17, 15) is 0 Å². The zero-order chi connectivity index (χ0) is 11.1. The Hall–Kier alpha value is -0.420. The lowest BCUT2D eigenvalue weighted by Gasteiger charge is -2.15. The Morgan fingerprint density at radius 1 is 1.40 bits per heavy atom. The summed E-state index contributed by atoms with van der Waals surface area (Å²) in [6.45, 7) is 0.728. The van der Waals surface area contributed by atoms with Gasteiger partial charge in [0.2, 0.25) is 0 Å². The summed E-state index contributed by atoms with van der Waals surface area (Å²) >= 11 is 3.41. The number of methoxy groups -OCH3 is 1. The third-order valence-electron chi connectivity index (χ3n) is 2.30. The SMILES string of the molecule is COCCC(Cc1ccc(Br)cc1)NN. The molecule has 0 aliphatic heterocycles. The fraction of sp³-hybridized carbons (Fsp3) is 0.455. The Morgan fingerprint density at radius 2 is 2.07 bits per heavy atom. The van der Waals surface area contributed by atoms with E-state index in [1.807, 2.05) is 12.1 Å². The maximum absolute atomic E-state index is 5.48. The fourth-order valence-electron chi connectivity index (χ4n) is 1.41. The average molecular weight is 273 g/mol. The zero-order valence-electron chi connectivity index (χ0n) is 8.87. The number of rotatable bonds is 6. The van der Waals surface area contributed by atoms with Gasteiger partial charge in [-0.2, -0.15) is 0 Å². The standard InChI is InChI=1S/C11H17BrN2O/c1-15-7-6-11(14-13)8-9-2-4-10(12)5-3-9/h2-5,11,14H,6-8,13H2,1H3. The highest BCUT2D eigenvalue weighted by Crippen LogP contribution is 2.12. The predicted molar refractivity (Wildman–Crippen MR) is 65.5 cm³/mol. The molecular formula is C11H17BrN2O. The molecule has 0 aromatic heterocycles. The second-order valence-electron chi connectivity index (χ2n) is 3.48. The van der Waals surface area contributed by atoms with E-state index in [4.69, 9.17) is 10.6 Å². The van der Waals surface area contributed by atoms with Crippen molar-refractivity contribution >= 4 is 15.9 Å². The van der Waals surface area contributed by atoms with Gasteiger partial charge >= 0.3 is 0 Å². The molecule has 0 aliphatic carbocycles. The summed E-state index contributed by atoms with van der Waals surface area (Å²) in [5, 5.41) is 0. The van der Waals surface area contributed by atoms with Crippen molar-refractivity contribution in [3.63, 3.8) is 0 Å². The molecule has 0 bridgehead atoms. The van der Waals surface area contributed by atoms with Crippen molar-refractivity contribution in [1.82, 2.24) is 5.43 Å². The van der Waals surface area contributed by atoms with Crippen molar-refractivity contribution in [2.45, 2.75) is 18.9 Å². The van der Waals surface area contributed by atoms with Crippen LogP contribution in [0.15, 0.2) is 28.7 Å². The molecule has 0 aliphatic rings. The monoisotopic (exact) mass is 272 g/mol. The van der Waals surface area contributed by atoms with Gasteiger partial charge in [0.25, 0.3) is 0 Å². The second kappa shape index (κ2) is 6.95. The number of ether oxygens (including phenoxy) is 1. The van der Waals surface area contributed by atoms with Gasteiger partial charge in [-0.3, -0.25) is 11.3 Å². The lowest BCUT2D eigenvalue weighted by molar-refractivity contribution is 0.182. The van der Waals surface area contributed by atoms with E-state index >= 15 is 0 Å². The molecule has 0 spiro atoms. The first-order valence-electron chi connectivity index (χ1n) is 4.95. The summed E-state index contributed by atoms with van der Waals surface area (Å²) in [4.78, 5) is 0. The Morgan fingerprint density at radius 3 is 2.60 bits per heavy atom. The van der Waals surface area contributed by atoms with Crippen molar-refractivity contribution in [2.75, 3.05) is 13.7 Å². The minimum atomic E-state index is 0.270. The van der Waals surface area contributed by atoms with Crippen molar-refractivity contribution < 1.29 is 4.74 Å². The first-order chi connectivity index (χ1) is 7.26. The van der Waals surface area contributed by atoms with Gasteiger partial charge in [0.1, 0.15) is 0 Å². The first kappa shape index (κ1) is 12.6. The van der Waals surface area contributed by atoms with Crippen molar-refractivity contribution in [2.24, 2.45) is 5.84 Å². The largest absolute Gasteiger partial charge is 0.385 e. The summed E-state index contributed by atoms with van der Waals surface area (Å²) < 4.78 is 6.13. The number of halogens is 1. The summed E-state index contributed by atoms with van der Waals surface area (Å²) in [7, 11) is 1.70. The number of hydrazine groups is 1. The van der Waals surface area contributed by atoms with Crippen LogP contribution in [0.4, 0.5) is 0 Å². The van der Waals surface area contributed by atoms with E-state index in [-0.39, 0.29) is 6.04 Å². The molecule has 0 heterocycles. The zero-order valence-corrected chi connectivity index (χ0v) is 10.5. The minimum absolute atomic E-state index is 0.270. The van der Waals surface area contributed by atoms with Gasteiger partial charge in [-0.25, -0.2) is 0 Å². The number of nitrogens with two attached hydrogens (primary N) is 1. The molecule has 1 unspecified atom stereocenters. The van der Waals surface area contributed by atoms with Crippen LogP contribution in [0.25, 0.3) is 0 Å². The van der Waals surface area contributed by atoms with Gasteiger partial charge in [0, 0.05) is 24.2 Å². The topological polar surface area (TPSA) is 47.3 Å². The van der Waals surface area contributed by atoms with E-state index in [1.54, 1.807) is 7.11 Å². The summed E-state index contributed by atoms with van der Waals surface area (Å²) in [5.74, 6) is 5.48. The molecule has 3 N–H and O–H groups in total. The van der Waals surface area contributed by atoms with E-state index in [2.05, 4.69) is 33.5 Å². The van der Waals surface area contributed by atoms with Crippen LogP contribution in [0.2, 0.25) is 0 Å². The molecule has 0 saturated heterocycles. The molecule has 0 saturated carbocycles. The highest BCUT2D eigenvalue weighted by atomic mass is 79.9. The van der Waals surface area contributed by atoms with E-state index in [0.29, 0.717) is 0 Å². The number of nitrogens with one attached hydrogen (secondary N) is 1. The Bertz CT molecular complexity index is 276. The van der Waals surface area contributed by atoms with Crippen LogP contribution >= 0.6 is 15.9 Å². The van der Waals surface area contributed by atoms with Crippen LogP contribution in [-0.2, 0) is 11.2 Å². The molecule has 0 amide bonds. The van der Waals surface area contributed by atoms with Gasteiger partial charge in [-0.05, 0) is 30.5 Å². The molecule has 0 radical (unpaired) electrons. The normalized spacial score (nSPS) is 12.7. The predicted octanol–water partition coefficient (Wildman–Crippen LogP) is 1.86. The summed E-state index contributed by atoms with van der Waals surface area (Å²) in [5.41, 5.74) is 4.08. The molecule has 1 aromatic rings. The molecule has 1 rings (SSSR count). The van der Waals surface area contributed by atoms with E-state index in [1.165, 1.54) is 5.56 Å². The van der Waals surface area contributed by atoms with Crippen LogP contribution in [0.1, 0.15) is 12.0 Å². The number of hydrogen-bond acceptors (Lipinski definition) is 3. The quantitative estimate of drug-likeness (QED) is 0.614. The lowest BCUT2D eigenvalue weighted by Crippen LogP contribution is -2.37. The number of benzene rings is 1. The lowest BCUT2D eigenvalue weighted by atomic mass is 10.0. The third kappa shape index (κ3) is 4.75. The van der Waals surface area contributed by atoms with Crippen LogP contribution in [-0.4, -0.2) is 19.8 Å². The Balaban J connectivity index is 2.47. The van der Waals surface area contributed by atoms with Crippen LogP contribution < -0.4 is 11.3 Å². The van der Waals surface area contributed by atoms with Crippen molar-refractivity contribution in [3.8, 4) is 0 Å². The van der Waals surface area contributed by atoms with Gasteiger partial charge < -0.3 is 4.74 Å². The Kier molecular flexibility index (Phi) is 5.86. The van der Waals surface area contributed by atoms with Gasteiger partial charge in [-0.1, -0.05) is 28.1 Å². The van der Waals surface area contributed by atoms with E-state index < -0.39 is 0 Å². The Labute approximate surface area is 99.1 Å². The highest BCUT2D eigenvalue weighted by molar-refractivity contribution is 9.10. The molecule has 0 fully saturated rings. The van der Waals surface area contributed by atoms with Crippen molar-refractivity contribution in [1.29, 1.82) is 0 Å². The summed E-state index contributed by atoms with van der Waals surface area (Å²) in [6, 6.07) is 8.55. The van der Waals surface area contributed by atoms with Gasteiger partial charge in [0.15, 0.2) is 0 Å². The third-order valence-corrected chi connectivity index (χ3v) is 2.83. The maximum Gasteiger partial charge on any atom is 0.0477 e. The maximum atomic E-state index is 5.48. The fourth-order valence-corrected chi connectivity index (χ4v) is 1.67. The molecule has 15 heavy (non-hydrogen) atoms. The molecular weight excluding hydrogens is 256 g/mol. The van der Waals surface area contributed by atoms with Gasteiger partial charge in [-0.15, -0.1) is 0 Å². The number of hydrogen-bond donors (Lipinski definition) is 2. The molecule has 84 valence electrons. The smallest absolute Gasteiger partial charge is 0.0477 e. The van der Waals surface area contributed by atoms with Crippen molar-refractivity contribution in [3.05, 3.63) is 34.3 Å². The molecule has 1 atom stereocenters. The van der Waals surface area contributed by atoms with Crippen LogP contribution in [0.3, 0.4) is 0 Å². The van der Waals surface area contributed by atoms with Crippen LogP contribution in [0, 0.1) is 0 Å². The highest BCUT2D eigenvalue weighted by Gasteiger charge is 2.06. The van der Waals surface area contributed by atoms with E-state index in [0.717, 1.165) is 23.9 Å². The molecule has 3 nitrogen and oxygen atoms in total. The van der Waals surface area contributed by atoms with Crippen LogP contribution in [0.5, 0.6) is 0 Å². The van der Waals surface area contributed by atoms with Gasteiger partial charge in [0.05, 0.1) is 0 Å². The second-order valence-corrected chi connectivity index (χ2v) is 4.39. The summed E-state index contributed by atoms with van der Waals surface area (Å²) in [6.07, 6.45) is 1.84. The molecule has 4 heteroatoms. The average Bonchev–Trinajstić information content (AvgIpc) is 2.27. The first-order valence-corrected chi connectivity index (χ1v) is 5.75. The minimum Gasteiger partial charge on any atom is -0.385 e.